The number of anilines is 2. The summed E-state index contributed by atoms with van der Waals surface area (Å²) in [5.74, 6) is 0.159. The fraction of sp³-hybridized carbons (Fsp3) is 0.667. The molecule has 0 aliphatic carbocycles. The van der Waals surface area contributed by atoms with Gasteiger partial charge in [0.05, 0.1) is 0 Å². The van der Waals surface area contributed by atoms with Crippen LogP contribution >= 0.6 is 11.3 Å². The molecule has 1 aromatic heterocycles. The Kier molecular flexibility index (Phi) is 6.58. The van der Waals surface area contributed by atoms with E-state index in [-0.39, 0.29) is 5.91 Å². The SMILES string of the molecule is CCCNc1nc(N)c(C(=O)NCCCN(C)C)s1. The molecule has 0 aliphatic heterocycles. The quantitative estimate of drug-likeness (QED) is 0.626. The third-order valence-corrected chi connectivity index (χ3v) is 3.48. The van der Waals surface area contributed by atoms with Crippen molar-refractivity contribution in [1.29, 1.82) is 0 Å². The molecule has 0 unspecified atom stereocenters. The molecule has 0 radical (unpaired) electrons. The zero-order chi connectivity index (χ0) is 14.3. The molecule has 0 saturated heterocycles. The van der Waals surface area contributed by atoms with Gasteiger partial charge in [0.15, 0.2) is 5.13 Å². The van der Waals surface area contributed by atoms with Crippen molar-refractivity contribution in [3.8, 4) is 0 Å². The highest BCUT2D eigenvalue weighted by Crippen LogP contribution is 2.24. The molecule has 4 N–H and O–H groups in total. The minimum absolute atomic E-state index is 0.140. The molecule has 1 heterocycles. The Balaban J connectivity index is 2.45. The molecule has 0 spiro atoms. The van der Waals surface area contributed by atoms with E-state index in [0.29, 0.717) is 22.4 Å². The molecule has 6 nitrogen and oxygen atoms in total. The smallest absolute Gasteiger partial charge is 0.265 e. The van der Waals surface area contributed by atoms with E-state index in [1.807, 2.05) is 14.1 Å². The van der Waals surface area contributed by atoms with E-state index in [1.165, 1.54) is 11.3 Å². The fourth-order valence-electron chi connectivity index (χ4n) is 1.48. The van der Waals surface area contributed by atoms with Gasteiger partial charge in [0.25, 0.3) is 5.91 Å². The number of nitrogens with zero attached hydrogens (tertiary/aromatic N) is 2. The normalized spacial score (nSPS) is 10.7. The molecule has 0 bridgehead atoms. The van der Waals surface area contributed by atoms with Gasteiger partial charge in [-0.2, -0.15) is 0 Å². The van der Waals surface area contributed by atoms with Gasteiger partial charge in [0.2, 0.25) is 0 Å². The van der Waals surface area contributed by atoms with Gasteiger partial charge in [0, 0.05) is 13.1 Å². The molecule has 19 heavy (non-hydrogen) atoms. The summed E-state index contributed by atoms with van der Waals surface area (Å²) in [6.45, 7) is 4.49. The van der Waals surface area contributed by atoms with Crippen molar-refractivity contribution in [1.82, 2.24) is 15.2 Å². The molecule has 0 fully saturated rings. The number of hydrogen-bond donors (Lipinski definition) is 3. The van der Waals surface area contributed by atoms with Crippen LogP contribution < -0.4 is 16.4 Å². The van der Waals surface area contributed by atoms with Crippen molar-refractivity contribution in [3.05, 3.63) is 4.88 Å². The van der Waals surface area contributed by atoms with Crippen LogP contribution in [0.15, 0.2) is 0 Å². The lowest BCUT2D eigenvalue weighted by molar-refractivity contribution is 0.0957. The second-order valence-electron chi connectivity index (χ2n) is 4.57. The summed E-state index contributed by atoms with van der Waals surface area (Å²) >= 11 is 1.30. The molecule has 1 amide bonds. The zero-order valence-corrected chi connectivity index (χ0v) is 12.6. The number of carbonyl (C=O) groups excluding carboxylic acids is 1. The van der Waals surface area contributed by atoms with Gasteiger partial charge < -0.3 is 21.3 Å². The standard InChI is InChI=1S/C12H23N5OS/c1-4-6-15-12-16-10(13)9(19-12)11(18)14-7-5-8-17(2)3/h4-8,13H2,1-3H3,(H,14,18)(H,15,16). The first kappa shape index (κ1) is 15.7. The lowest BCUT2D eigenvalue weighted by Gasteiger charge is -2.09. The van der Waals surface area contributed by atoms with E-state index in [4.69, 9.17) is 5.73 Å². The summed E-state index contributed by atoms with van der Waals surface area (Å²) in [7, 11) is 4.02. The molecule has 108 valence electrons. The molecule has 0 aliphatic rings. The maximum absolute atomic E-state index is 11.9. The summed E-state index contributed by atoms with van der Waals surface area (Å²) in [6.07, 6.45) is 1.92. The minimum atomic E-state index is -0.140. The first-order chi connectivity index (χ1) is 9.04. The third-order valence-electron chi connectivity index (χ3n) is 2.45. The van der Waals surface area contributed by atoms with E-state index < -0.39 is 0 Å². The van der Waals surface area contributed by atoms with Crippen molar-refractivity contribution >= 4 is 28.2 Å². The van der Waals surface area contributed by atoms with E-state index >= 15 is 0 Å². The van der Waals surface area contributed by atoms with E-state index in [0.717, 1.165) is 25.9 Å². The van der Waals surface area contributed by atoms with Gasteiger partial charge >= 0.3 is 0 Å². The summed E-state index contributed by atoms with van der Waals surface area (Å²) in [4.78, 5) is 18.6. The summed E-state index contributed by atoms with van der Waals surface area (Å²) in [5, 5.41) is 6.70. The van der Waals surface area contributed by atoms with Crippen molar-refractivity contribution in [2.45, 2.75) is 19.8 Å². The van der Waals surface area contributed by atoms with Crippen LogP contribution in [0, 0.1) is 0 Å². The lowest BCUT2D eigenvalue weighted by Crippen LogP contribution is -2.27. The Morgan fingerprint density at radius 1 is 1.42 bits per heavy atom. The maximum Gasteiger partial charge on any atom is 0.265 e. The number of thiazole rings is 1. The average Bonchev–Trinajstić information content (AvgIpc) is 2.73. The second-order valence-corrected chi connectivity index (χ2v) is 5.57. The van der Waals surface area contributed by atoms with Gasteiger partial charge in [-0.15, -0.1) is 0 Å². The maximum atomic E-state index is 11.9. The topological polar surface area (TPSA) is 83.3 Å². The molecule has 0 atom stereocenters. The van der Waals surface area contributed by atoms with Crippen LogP contribution in [-0.4, -0.2) is 49.5 Å². The molecule has 1 aromatic rings. The highest BCUT2D eigenvalue weighted by Gasteiger charge is 2.15. The highest BCUT2D eigenvalue weighted by atomic mass is 32.1. The van der Waals surface area contributed by atoms with Crippen LogP contribution in [0.2, 0.25) is 0 Å². The lowest BCUT2D eigenvalue weighted by atomic mass is 10.4. The fourth-order valence-corrected chi connectivity index (χ4v) is 2.31. The average molecular weight is 285 g/mol. The molecule has 0 aromatic carbocycles. The van der Waals surface area contributed by atoms with Gasteiger partial charge in [-0.25, -0.2) is 4.98 Å². The highest BCUT2D eigenvalue weighted by molar-refractivity contribution is 7.18. The van der Waals surface area contributed by atoms with E-state index in [1.54, 1.807) is 0 Å². The minimum Gasteiger partial charge on any atom is -0.382 e. The predicted molar refractivity (Wildman–Crippen MR) is 80.8 cm³/mol. The number of nitrogens with two attached hydrogens (primary N) is 1. The Morgan fingerprint density at radius 2 is 2.16 bits per heavy atom. The molecule has 7 heteroatoms. The van der Waals surface area contributed by atoms with Crippen molar-refractivity contribution in [2.75, 3.05) is 44.8 Å². The monoisotopic (exact) mass is 285 g/mol. The number of carbonyl (C=O) groups is 1. The summed E-state index contributed by atoms with van der Waals surface area (Å²) in [6, 6.07) is 0. The van der Waals surface area contributed by atoms with Crippen molar-refractivity contribution < 1.29 is 4.79 Å². The molecular weight excluding hydrogens is 262 g/mol. The number of amides is 1. The third kappa shape index (κ3) is 5.44. The van der Waals surface area contributed by atoms with Crippen LogP contribution in [0.1, 0.15) is 29.4 Å². The summed E-state index contributed by atoms with van der Waals surface area (Å²) < 4.78 is 0. The van der Waals surface area contributed by atoms with Gasteiger partial charge in [-0.3, -0.25) is 4.79 Å². The largest absolute Gasteiger partial charge is 0.382 e. The first-order valence-electron chi connectivity index (χ1n) is 6.47. The molecular formula is C12H23N5OS. The van der Waals surface area contributed by atoms with Crippen LogP contribution in [0.4, 0.5) is 10.9 Å². The number of nitrogens with one attached hydrogen (secondary N) is 2. The van der Waals surface area contributed by atoms with Crippen molar-refractivity contribution in [2.24, 2.45) is 0 Å². The summed E-state index contributed by atoms with van der Waals surface area (Å²) in [5.41, 5.74) is 5.76. The Labute approximate surface area is 118 Å². The first-order valence-corrected chi connectivity index (χ1v) is 7.29. The number of nitrogen functional groups attached to an aromatic ring is 1. The van der Waals surface area contributed by atoms with E-state index in [9.17, 15) is 4.79 Å². The van der Waals surface area contributed by atoms with Crippen molar-refractivity contribution in [3.63, 3.8) is 0 Å². The van der Waals surface area contributed by atoms with Crippen LogP contribution in [0.3, 0.4) is 0 Å². The molecule has 0 saturated carbocycles. The second kappa shape index (κ2) is 7.96. The molecule has 1 rings (SSSR count). The van der Waals surface area contributed by atoms with Gasteiger partial charge in [-0.1, -0.05) is 18.3 Å². The zero-order valence-electron chi connectivity index (χ0n) is 11.8. The Morgan fingerprint density at radius 3 is 2.79 bits per heavy atom. The number of hydrogen-bond acceptors (Lipinski definition) is 6. The predicted octanol–water partition coefficient (Wildman–Crippen LogP) is 1.23. The van der Waals surface area contributed by atoms with Crippen LogP contribution in [0.25, 0.3) is 0 Å². The van der Waals surface area contributed by atoms with Crippen LogP contribution in [-0.2, 0) is 0 Å². The number of rotatable bonds is 8. The van der Waals surface area contributed by atoms with Gasteiger partial charge in [0.1, 0.15) is 10.7 Å². The Bertz CT molecular complexity index is 405. The van der Waals surface area contributed by atoms with Gasteiger partial charge in [-0.05, 0) is 33.5 Å². The van der Waals surface area contributed by atoms with E-state index in [2.05, 4.69) is 27.4 Å². The number of aromatic nitrogens is 1. The van der Waals surface area contributed by atoms with Crippen LogP contribution in [0.5, 0.6) is 0 Å². The Hall–Kier alpha value is -1.34.